The molecule has 8 heteroatoms. The highest BCUT2D eigenvalue weighted by Gasteiger charge is 2.35. The summed E-state index contributed by atoms with van der Waals surface area (Å²) < 4.78 is 13.7. The lowest BCUT2D eigenvalue weighted by molar-refractivity contribution is 0.478. The standard InChI is InChI=1S/C21H18N4O2S2/c22-19-18-14(12-5-2-1-3-6-12)9-16(15-10-17(26)24-11-23-15)25-20(18)28-21(19)29(27)13-7-4-8-13/h1-3,5-6,9-11,13H,4,7-8,22H2,(H,23,24,26)/t29-/m1/s1. The van der Waals surface area contributed by atoms with Crippen molar-refractivity contribution >= 4 is 38.4 Å². The number of rotatable bonds is 4. The fourth-order valence-electron chi connectivity index (χ4n) is 3.47. The van der Waals surface area contributed by atoms with E-state index in [-0.39, 0.29) is 10.8 Å². The molecule has 0 aliphatic heterocycles. The van der Waals surface area contributed by atoms with Gasteiger partial charge >= 0.3 is 0 Å². The number of aromatic amines is 1. The molecule has 0 unspecified atom stereocenters. The zero-order valence-electron chi connectivity index (χ0n) is 15.4. The van der Waals surface area contributed by atoms with Crippen molar-refractivity contribution in [2.24, 2.45) is 0 Å². The number of thiophene rings is 1. The molecule has 5 rings (SSSR count). The molecule has 0 radical (unpaired) electrons. The average molecular weight is 423 g/mol. The number of nitrogens with two attached hydrogens (primary N) is 1. The van der Waals surface area contributed by atoms with E-state index in [1.54, 1.807) is 0 Å². The number of nitrogens with one attached hydrogen (secondary N) is 1. The molecule has 1 aliphatic carbocycles. The van der Waals surface area contributed by atoms with E-state index in [1.165, 1.54) is 23.7 Å². The van der Waals surface area contributed by atoms with Gasteiger partial charge in [0.1, 0.15) is 15.8 Å². The number of hydrogen-bond acceptors (Lipinski definition) is 6. The second-order valence-corrected chi connectivity index (χ2v) is 9.98. The molecule has 1 aromatic carbocycles. The van der Waals surface area contributed by atoms with Gasteiger partial charge in [-0.3, -0.25) is 4.79 Å². The number of anilines is 1. The first-order chi connectivity index (χ1) is 14.1. The summed E-state index contributed by atoms with van der Waals surface area (Å²) in [7, 11) is 0. The summed E-state index contributed by atoms with van der Waals surface area (Å²) in [5.74, 6) is 0. The van der Waals surface area contributed by atoms with Crippen LogP contribution in [0.2, 0.25) is 0 Å². The molecule has 0 bridgehead atoms. The molecule has 4 aromatic rings. The van der Waals surface area contributed by atoms with Crippen molar-refractivity contribution in [1.82, 2.24) is 15.0 Å². The zero-order valence-corrected chi connectivity index (χ0v) is 17.1. The minimum atomic E-state index is -1.12. The lowest BCUT2D eigenvalue weighted by Crippen LogP contribution is -2.28. The van der Waals surface area contributed by atoms with Crippen LogP contribution in [-0.4, -0.2) is 24.8 Å². The lowest BCUT2D eigenvalue weighted by Gasteiger charge is -2.27. The minimum Gasteiger partial charge on any atom is -0.611 e. The maximum atomic E-state index is 13.0. The SMILES string of the molecule is Nc1c([S@+]([O-])C2CCC2)sc2nc(-c3cc(=O)[nH]cn3)cc(-c3ccccc3)c12. The summed E-state index contributed by atoms with van der Waals surface area (Å²) in [4.78, 5) is 24.0. The monoisotopic (exact) mass is 422 g/mol. The summed E-state index contributed by atoms with van der Waals surface area (Å²) in [5.41, 5.74) is 9.78. The topological polar surface area (TPSA) is 108 Å². The predicted octanol–water partition coefficient (Wildman–Crippen LogP) is 3.96. The highest BCUT2D eigenvalue weighted by Crippen LogP contribution is 2.45. The summed E-state index contributed by atoms with van der Waals surface area (Å²) in [5, 5.41) is 0.997. The largest absolute Gasteiger partial charge is 0.611 e. The van der Waals surface area contributed by atoms with Gasteiger partial charge in [0, 0.05) is 22.6 Å². The fourth-order valence-corrected chi connectivity index (χ4v) is 6.68. The van der Waals surface area contributed by atoms with E-state index in [2.05, 4.69) is 9.97 Å². The number of nitrogen functional groups attached to an aromatic ring is 1. The molecule has 6 nitrogen and oxygen atoms in total. The molecule has 0 amide bonds. The van der Waals surface area contributed by atoms with Crippen LogP contribution in [0.15, 0.2) is 57.8 Å². The molecule has 29 heavy (non-hydrogen) atoms. The molecule has 0 spiro atoms. The molecule has 3 aromatic heterocycles. The van der Waals surface area contributed by atoms with Gasteiger partial charge in [0.25, 0.3) is 5.56 Å². The smallest absolute Gasteiger partial charge is 0.251 e. The first-order valence-electron chi connectivity index (χ1n) is 9.36. The number of nitrogens with zero attached hydrogens (tertiary/aromatic N) is 2. The second-order valence-electron chi connectivity index (χ2n) is 7.05. The Bertz CT molecular complexity index is 1250. The Balaban J connectivity index is 1.76. The van der Waals surface area contributed by atoms with Crippen molar-refractivity contribution in [1.29, 1.82) is 0 Å². The van der Waals surface area contributed by atoms with E-state index in [1.807, 2.05) is 36.4 Å². The van der Waals surface area contributed by atoms with Crippen molar-refractivity contribution in [3.05, 3.63) is 59.1 Å². The highest BCUT2D eigenvalue weighted by molar-refractivity contribution is 7.94. The Hall–Kier alpha value is -2.68. The van der Waals surface area contributed by atoms with Crippen molar-refractivity contribution < 1.29 is 4.55 Å². The van der Waals surface area contributed by atoms with Crippen LogP contribution in [-0.2, 0) is 11.2 Å². The molecule has 3 N–H and O–H groups in total. The van der Waals surface area contributed by atoms with Crippen LogP contribution >= 0.6 is 11.3 Å². The number of benzene rings is 1. The van der Waals surface area contributed by atoms with Crippen molar-refractivity contribution in [2.75, 3.05) is 5.73 Å². The third kappa shape index (κ3) is 3.23. The van der Waals surface area contributed by atoms with Crippen LogP contribution < -0.4 is 11.3 Å². The van der Waals surface area contributed by atoms with Gasteiger partial charge in [0.05, 0.1) is 17.7 Å². The zero-order chi connectivity index (χ0) is 20.0. The van der Waals surface area contributed by atoms with Crippen LogP contribution in [0.25, 0.3) is 32.7 Å². The quantitative estimate of drug-likeness (QED) is 0.484. The Labute approximate surface area is 174 Å². The van der Waals surface area contributed by atoms with E-state index in [9.17, 15) is 9.35 Å². The summed E-state index contributed by atoms with van der Waals surface area (Å²) in [6, 6.07) is 13.2. The van der Waals surface area contributed by atoms with Crippen LogP contribution in [0.1, 0.15) is 19.3 Å². The minimum absolute atomic E-state index is 0.180. The third-order valence-electron chi connectivity index (χ3n) is 5.23. The molecule has 1 atom stereocenters. The fraction of sp³-hybridized carbons (Fsp3) is 0.190. The van der Waals surface area contributed by atoms with Crippen LogP contribution in [0, 0.1) is 0 Å². The average Bonchev–Trinajstić information content (AvgIpc) is 3.03. The van der Waals surface area contributed by atoms with Gasteiger partial charge in [0.2, 0.25) is 4.21 Å². The maximum Gasteiger partial charge on any atom is 0.251 e. The Morgan fingerprint density at radius 3 is 2.66 bits per heavy atom. The third-order valence-corrected chi connectivity index (χ3v) is 8.53. The molecule has 1 fully saturated rings. The first kappa shape index (κ1) is 18.4. The molecule has 1 aliphatic rings. The van der Waals surface area contributed by atoms with E-state index in [0.717, 1.165) is 35.8 Å². The number of hydrogen-bond donors (Lipinski definition) is 2. The van der Waals surface area contributed by atoms with E-state index < -0.39 is 11.2 Å². The Kier molecular flexibility index (Phi) is 4.61. The van der Waals surface area contributed by atoms with Gasteiger partial charge in [-0.15, -0.1) is 0 Å². The first-order valence-corrected chi connectivity index (χ1v) is 11.4. The Morgan fingerprint density at radius 2 is 1.97 bits per heavy atom. The van der Waals surface area contributed by atoms with Crippen LogP contribution in [0.4, 0.5) is 5.69 Å². The Morgan fingerprint density at radius 1 is 1.17 bits per heavy atom. The van der Waals surface area contributed by atoms with Crippen molar-refractivity contribution in [3.63, 3.8) is 0 Å². The van der Waals surface area contributed by atoms with Crippen molar-refractivity contribution in [2.45, 2.75) is 28.7 Å². The van der Waals surface area contributed by atoms with E-state index in [0.29, 0.717) is 26.1 Å². The number of pyridine rings is 1. The van der Waals surface area contributed by atoms with Gasteiger partial charge in [0.15, 0.2) is 0 Å². The van der Waals surface area contributed by atoms with Gasteiger partial charge in [-0.1, -0.05) is 41.7 Å². The summed E-state index contributed by atoms with van der Waals surface area (Å²) >= 11 is 0.259. The van der Waals surface area contributed by atoms with Crippen molar-refractivity contribution in [3.8, 4) is 22.5 Å². The number of H-pyrrole nitrogens is 1. The summed E-state index contributed by atoms with van der Waals surface area (Å²) in [6.07, 6.45) is 4.43. The van der Waals surface area contributed by atoms with Gasteiger partial charge < -0.3 is 15.3 Å². The van der Waals surface area contributed by atoms with Gasteiger partial charge in [-0.2, -0.15) is 0 Å². The molecule has 3 heterocycles. The molecule has 0 saturated heterocycles. The molecule has 1 saturated carbocycles. The lowest BCUT2D eigenvalue weighted by atomic mass is 10.00. The molecular formula is C21H18N4O2S2. The number of aromatic nitrogens is 3. The van der Waals surface area contributed by atoms with Gasteiger partial charge in [-0.05, 0) is 36.5 Å². The van der Waals surface area contributed by atoms with E-state index >= 15 is 0 Å². The predicted molar refractivity (Wildman–Crippen MR) is 117 cm³/mol. The number of fused-ring (bicyclic) bond motifs is 1. The van der Waals surface area contributed by atoms with Crippen LogP contribution in [0.5, 0.6) is 0 Å². The van der Waals surface area contributed by atoms with Gasteiger partial charge in [-0.25, -0.2) is 9.97 Å². The maximum absolute atomic E-state index is 13.0. The van der Waals surface area contributed by atoms with E-state index in [4.69, 9.17) is 10.7 Å². The second kappa shape index (κ2) is 7.29. The highest BCUT2D eigenvalue weighted by atomic mass is 32.2. The molecular weight excluding hydrogens is 404 g/mol. The normalized spacial score (nSPS) is 15.3. The van der Waals surface area contributed by atoms with Crippen LogP contribution in [0.3, 0.4) is 0 Å². The summed E-state index contributed by atoms with van der Waals surface area (Å²) in [6.45, 7) is 0. The molecule has 146 valence electrons.